The molecule has 0 saturated carbocycles. The fraction of sp³-hybridized carbons (Fsp3) is 0. The lowest BCUT2D eigenvalue weighted by atomic mass is 9.82. The molecule has 0 aromatic heterocycles. The van der Waals surface area contributed by atoms with Crippen LogP contribution in [0.1, 0.15) is 0 Å². The van der Waals surface area contributed by atoms with Crippen LogP contribution in [-0.2, 0) is 0 Å². The Balaban J connectivity index is 1.34. The van der Waals surface area contributed by atoms with E-state index in [1.165, 1.54) is 98.7 Å². The van der Waals surface area contributed by atoms with Crippen molar-refractivity contribution in [2.75, 3.05) is 0 Å². The van der Waals surface area contributed by atoms with Gasteiger partial charge in [0.25, 0.3) is 0 Å². The molecule has 52 heavy (non-hydrogen) atoms. The van der Waals surface area contributed by atoms with Crippen LogP contribution in [-0.4, -0.2) is 0 Å². The third-order valence-electron chi connectivity index (χ3n) is 10.6. The minimum atomic E-state index is 1.21. The largest absolute Gasteiger partial charge is 0.0622 e. The van der Waals surface area contributed by atoms with Crippen LogP contribution in [0.5, 0.6) is 0 Å². The van der Waals surface area contributed by atoms with E-state index in [0.717, 1.165) is 0 Å². The molecule has 0 aliphatic heterocycles. The number of hydrogen-bond donors (Lipinski definition) is 0. The Hall–Kier alpha value is -6.76. The molecule has 0 amide bonds. The van der Waals surface area contributed by atoms with E-state index in [0.29, 0.717) is 0 Å². The molecule has 0 N–H and O–H groups in total. The summed E-state index contributed by atoms with van der Waals surface area (Å²) in [5, 5.41) is 10.0. The van der Waals surface area contributed by atoms with Crippen molar-refractivity contribution >= 4 is 43.1 Å². The quantitative estimate of drug-likeness (QED) is 0.161. The summed E-state index contributed by atoms with van der Waals surface area (Å²) >= 11 is 0. The molecular weight excluding hydrogens is 625 g/mol. The zero-order chi connectivity index (χ0) is 34.4. The molecule has 0 aliphatic carbocycles. The van der Waals surface area contributed by atoms with Gasteiger partial charge in [0.1, 0.15) is 0 Å². The third kappa shape index (κ3) is 5.08. The summed E-state index contributed by atoms with van der Waals surface area (Å²) in [4.78, 5) is 0. The highest BCUT2D eigenvalue weighted by Crippen LogP contribution is 2.47. The number of benzene rings is 10. The average molecular weight is 659 g/mol. The van der Waals surface area contributed by atoms with Crippen LogP contribution in [0, 0.1) is 0 Å². The van der Waals surface area contributed by atoms with Gasteiger partial charge >= 0.3 is 0 Å². The predicted molar refractivity (Wildman–Crippen MR) is 224 cm³/mol. The van der Waals surface area contributed by atoms with E-state index in [-0.39, 0.29) is 0 Å². The Morgan fingerprint density at radius 3 is 1.33 bits per heavy atom. The molecule has 0 bridgehead atoms. The number of hydrogen-bond acceptors (Lipinski definition) is 0. The van der Waals surface area contributed by atoms with Gasteiger partial charge in [-0.3, -0.25) is 0 Å². The molecule has 0 nitrogen and oxygen atoms in total. The van der Waals surface area contributed by atoms with Gasteiger partial charge in [0.2, 0.25) is 0 Å². The molecule has 0 fully saturated rings. The van der Waals surface area contributed by atoms with Crippen molar-refractivity contribution in [2.45, 2.75) is 0 Å². The van der Waals surface area contributed by atoms with Crippen molar-refractivity contribution in [3.8, 4) is 55.6 Å². The molecule has 0 unspecified atom stereocenters. The summed E-state index contributed by atoms with van der Waals surface area (Å²) < 4.78 is 0. The molecule has 0 aliphatic rings. The van der Waals surface area contributed by atoms with Crippen LogP contribution in [0.15, 0.2) is 206 Å². The lowest BCUT2D eigenvalue weighted by Crippen LogP contribution is -1.94. The van der Waals surface area contributed by atoms with Crippen LogP contribution in [0.25, 0.3) is 98.7 Å². The van der Waals surface area contributed by atoms with Gasteiger partial charge in [-0.25, -0.2) is 0 Å². The third-order valence-corrected chi connectivity index (χ3v) is 10.6. The van der Waals surface area contributed by atoms with Gasteiger partial charge in [-0.05, 0) is 123 Å². The maximum Gasteiger partial charge on any atom is -0.00199 e. The topological polar surface area (TPSA) is 0 Å². The molecule has 0 radical (unpaired) electrons. The Morgan fingerprint density at radius 2 is 0.654 bits per heavy atom. The number of fused-ring (bicyclic) bond motifs is 4. The summed E-state index contributed by atoms with van der Waals surface area (Å²) in [5.74, 6) is 0. The number of rotatable bonds is 5. The van der Waals surface area contributed by atoms with Gasteiger partial charge in [0.15, 0.2) is 0 Å². The molecule has 10 aromatic rings. The molecule has 0 saturated heterocycles. The minimum absolute atomic E-state index is 1.21. The van der Waals surface area contributed by atoms with E-state index in [1.807, 2.05) is 0 Å². The second-order valence-electron chi connectivity index (χ2n) is 13.6. The summed E-state index contributed by atoms with van der Waals surface area (Å²) in [6.07, 6.45) is 0. The summed E-state index contributed by atoms with van der Waals surface area (Å²) in [6, 6.07) is 75.7. The van der Waals surface area contributed by atoms with Gasteiger partial charge in [-0.2, -0.15) is 0 Å². The Kier molecular flexibility index (Phi) is 7.25. The van der Waals surface area contributed by atoms with Gasteiger partial charge in [-0.15, -0.1) is 0 Å². The predicted octanol–water partition coefficient (Wildman–Crippen LogP) is 14.6. The first-order chi connectivity index (χ1) is 25.8. The van der Waals surface area contributed by atoms with Crippen LogP contribution >= 0.6 is 0 Å². The SMILES string of the molecule is c1ccc(-c2cc(-c3cccc4ccccc34)cc(-c3c4ccccc4c(-c4cccc5ccccc45)c4cc(-c5ccccc5)ccc34)c2)cc1. The van der Waals surface area contributed by atoms with Crippen molar-refractivity contribution in [1.82, 2.24) is 0 Å². The van der Waals surface area contributed by atoms with Crippen molar-refractivity contribution in [3.05, 3.63) is 206 Å². The van der Waals surface area contributed by atoms with Crippen molar-refractivity contribution in [3.63, 3.8) is 0 Å². The van der Waals surface area contributed by atoms with Gasteiger partial charge in [0, 0.05) is 0 Å². The fourth-order valence-corrected chi connectivity index (χ4v) is 8.23. The Morgan fingerprint density at radius 1 is 0.192 bits per heavy atom. The monoisotopic (exact) mass is 658 g/mol. The zero-order valence-electron chi connectivity index (χ0n) is 28.6. The highest BCUT2D eigenvalue weighted by Gasteiger charge is 2.20. The minimum Gasteiger partial charge on any atom is -0.0622 e. The van der Waals surface area contributed by atoms with Crippen LogP contribution in [0.2, 0.25) is 0 Å². The summed E-state index contributed by atoms with van der Waals surface area (Å²) in [5.41, 5.74) is 12.3. The molecule has 0 spiro atoms. The van der Waals surface area contributed by atoms with Crippen LogP contribution < -0.4 is 0 Å². The molecule has 0 atom stereocenters. The second-order valence-corrected chi connectivity index (χ2v) is 13.6. The highest BCUT2D eigenvalue weighted by atomic mass is 14.2. The first-order valence-electron chi connectivity index (χ1n) is 18.0. The van der Waals surface area contributed by atoms with Gasteiger partial charge in [-0.1, -0.05) is 182 Å². The van der Waals surface area contributed by atoms with Crippen LogP contribution in [0.3, 0.4) is 0 Å². The zero-order valence-corrected chi connectivity index (χ0v) is 28.6. The maximum absolute atomic E-state index is 2.42. The molecule has 0 heterocycles. The summed E-state index contributed by atoms with van der Waals surface area (Å²) in [7, 11) is 0. The Labute approximate surface area is 303 Å². The van der Waals surface area contributed by atoms with E-state index in [4.69, 9.17) is 0 Å². The molecule has 242 valence electrons. The fourth-order valence-electron chi connectivity index (χ4n) is 8.23. The van der Waals surface area contributed by atoms with E-state index in [2.05, 4.69) is 206 Å². The van der Waals surface area contributed by atoms with Gasteiger partial charge in [0.05, 0.1) is 0 Å². The second kappa shape index (κ2) is 12.5. The highest BCUT2D eigenvalue weighted by molar-refractivity contribution is 6.24. The molecule has 0 heteroatoms. The molecular formula is C52H34. The average Bonchev–Trinajstić information content (AvgIpc) is 3.22. The first kappa shape index (κ1) is 30.1. The first-order valence-corrected chi connectivity index (χ1v) is 18.0. The van der Waals surface area contributed by atoms with E-state index in [1.54, 1.807) is 0 Å². The van der Waals surface area contributed by atoms with Crippen molar-refractivity contribution in [2.24, 2.45) is 0 Å². The molecule has 10 aromatic carbocycles. The normalized spacial score (nSPS) is 11.5. The van der Waals surface area contributed by atoms with Crippen molar-refractivity contribution < 1.29 is 0 Å². The molecule has 10 rings (SSSR count). The van der Waals surface area contributed by atoms with Crippen LogP contribution in [0.4, 0.5) is 0 Å². The summed E-state index contributed by atoms with van der Waals surface area (Å²) in [6.45, 7) is 0. The van der Waals surface area contributed by atoms with E-state index < -0.39 is 0 Å². The van der Waals surface area contributed by atoms with E-state index in [9.17, 15) is 0 Å². The standard InChI is InChI=1S/C52H34/c1-3-15-35(16-4-1)39-29-30-49-50(34-39)52(46-28-14-22-38-20-8-10-24-44(38)46)48-26-12-11-25-47(48)51(49)42-32-40(36-17-5-2-6-18-36)31-41(33-42)45-27-13-21-37-19-7-9-23-43(37)45/h1-34H. The Bertz CT molecular complexity index is 2920. The maximum atomic E-state index is 2.42. The van der Waals surface area contributed by atoms with E-state index >= 15 is 0 Å². The smallest absolute Gasteiger partial charge is 0.00199 e. The van der Waals surface area contributed by atoms with Gasteiger partial charge < -0.3 is 0 Å². The van der Waals surface area contributed by atoms with Crippen molar-refractivity contribution in [1.29, 1.82) is 0 Å². The lowest BCUT2D eigenvalue weighted by molar-refractivity contribution is 1.59. The lowest BCUT2D eigenvalue weighted by Gasteiger charge is -2.21.